The molecule has 2 heterocycles. The number of pyridine rings is 1. The van der Waals surface area contributed by atoms with E-state index in [1.54, 1.807) is 19.1 Å². The first-order chi connectivity index (χ1) is 13.0. The maximum Gasteiger partial charge on any atom is 0.339 e. The summed E-state index contributed by atoms with van der Waals surface area (Å²) in [4.78, 5) is 16.2. The van der Waals surface area contributed by atoms with Crippen molar-refractivity contribution in [1.29, 1.82) is 0 Å². The van der Waals surface area contributed by atoms with E-state index in [4.69, 9.17) is 4.74 Å². The molecule has 0 fully saturated rings. The van der Waals surface area contributed by atoms with Gasteiger partial charge in [-0.05, 0) is 51.1 Å². The number of carbonyl (C=O) groups is 1. The van der Waals surface area contributed by atoms with Gasteiger partial charge in [0.25, 0.3) is 0 Å². The van der Waals surface area contributed by atoms with Crippen LogP contribution < -0.4 is 5.32 Å². The summed E-state index contributed by atoms with van der Waals surface area (Å²) in [5.74, 6) is 0.358. The minimum atomic E-state index is -0.373. The number of nitrogens with one attached hydrogen (secondary N) is 1. The zero-order valence-corrected chi connectivity index (χ0v) is 16.1. The molecule has 1 atom stereocenters. The standard InChI is InChI=1S/C21H24N4O2/c1-14(22-20-11-10-19(16(3)23-20)21(26)27-4)12-18-13-15(2)24-25(18)17-8-6-5-7-9-17/h5-11,13-14H,12H2,1-4H3,(H,22,23). The fourth-order valence-corrected chi connectivity index (χ4v) is 3.08. The lowest BCUT2D eigenvalue weighted by molar-refractivity contribution is 0.0599. The smallest absolute Gasteiger partial charge is 0.339 e. The molecule has 1 aromatic carbocycles. The molecule has 1 unspecified atom stereocenters. The van der Waals surface area contributed by atoms with E-state index in [1.807, 2.05) is 41.9 Å². The van der Waals surface area contributed by atoms with Gasteiger partial charge in [-0.25, -0.2) is 14.5 Å². The second kappa shape index (κ2) is 8.03. The summed E-state index contributed by atoms with van der Waals surface area (Å²) in [5.41, 5.74) is 4.28. The van der Waals surface area contributed by atoms with Gasteiger partial charge in [-0.15, -0.1) is 0 Å². The lowest BCUT2D eigenvalue weighted by Gasteiger charge is -2.16. The van der Waals surface area contributed by atoms with Crippen LogP contribution in [-0.2, 0) is 11.2 Å². The molecule has 6 heteroatoms. The van der Waals surface area contributed by atoms with Crippen molar-refractivity contribution in [2.24, 2.45) is 0 Å². The van der Waals surface area contributed by atoms with Crippen molar-refractivity contribution in [1.82, 2.24) is 14.8 Å². The lowest BCUT2D eigenvalue weighted by atomic mass is 10.1. The van der Waals surface area contributed by atoms with Crippen LogP contribution in [0.4, 0.5) is 5.82 Å². The molecule has 0 aliphatic rings. The van der Waals surface area contributed by atoms with Crippen molar-refractivity contribution in [3.8, 4) is 5.69 Å². The molecule has 1 N–H and O–H groups in total. The topological polar surface area (TPSA) is 69.0 Å². The zero-order chi connectivity index (χ0) is 19.4. The van der Waals surface area contributed by atoms with Crippen molar-refractivity contribution >= 4 is 11.8 Å². The van der Waals surface area contributed by atoms with E-state index in [2.05, 4.69) is 28.4 Å². The minimum absolute atomic E-state index is 0.138. The zero-order valence-electron chi connectivity index (χ0n) is 16.1. The van der Waals surface area contributed by atoms with Crippen molar-refractivity contribution in [3.63, 3.8) is 0 Å². The van der Waals surface area contributed by atoms with E-state index < -0.39 is 0 Å². The number of esters is 1. The summed E-state index contributed by atoms with van der Waals surface area (Å²) in [6.45, 7) is 5.90. The van der Waals surface area contributed by atoms with Crippen LogP contribution in [0.3, 0.4) is 0 Å². The van der Waals surface area contributed by atoms with Crippen LogP contribution >= 0.6 is 0 Å². The molecule has 0 spiro atoms. The number of carbonyl (C=O) groups excluding carboxylic acids is 1. The summed E-state index contributed by atoms with van der Waals surface area (Å²) >= 11 is 0. The van der Waals surface area contributed by atoms with Crippen LogP contribution in [0.2, 0.25) is 0 Å². The number of nitrogens with zero attached hydrogens (tertiary/aromatic N) is 3. The van der Waals surface area contributed by atoms with E-state index in [0.717, 1.165) is 29.3 Å². The van der Waals surface area contributed by atoms with Gasteiger partial charge >= 0.3 is 5.97 Å². The van der Waals surface area contributed by atoms with Crippen LogP contribution in [0.15, 0.2) is 48.5 Å². The highest BCUT2D eigenvalue weighted by Gasteiger charge is 2.14. The summed E-state index contributed by atoms with van der Waals surface area (Å²) in [6, 6.07) is 15.9. The van der Waals surface area contributed by atoms with E-state index in [9.17, 15) is 4.79 Å². The van der Waals surface area contributed by atoms with Crippen molar-refractivity contribution in [3.05, 3.63) is 71.2 Å². The highest BCUT2D eigenvalue weighted by atomic mass is 16.5. The Bertz CT molecular complexity index is 935. The molecule has 27 heavy (non-hydrogen) atoms. The Hall–Kier alpha value is -3.15. The maximum absolute atomic E-state index is 11.7. The Kier molecular flexibility index (Phi) is 5.54. The molecular weight excluding hydrogens is 340 g/mol. The third-order valence-corrected chi connectivity index (χ3v) is 4.31. The quantitative estimate of drug-likeness (QED) is 0.675. The SMILES string of the molecule is COC(=O)c1ccc(NC(C)Cc2cc(C)nn2-c2ccccc2)nc1C. The fourth-order valence-electron chi connectivity index (χ4n) is 3.08. The monoisotopic (exact) mass is 364 g/mol. The first-order valence-corrected chi connectivity index (χ1v) is 8.91. The van der Waals surface area contributed by atoms with Crippen molar-refractivity contribution in [2.45, 2.75) is 33.2 Å². The number of hydrogen-bond donors (Lipinski definition) is 1. The molecule has 0 saturated heterocycles. The summed E-state index contributed by atoms with van der Waals surface area (Å²) < 4.78 is 6.74. The average Bonchev–Trinajstić information content (AvgIpc) is 3.02. The fraction of sp³-hybridized carbons (Fsp3) is 0.286. The lowest BCUT2D eigenvalue weighted by Crippen LogP contribution is -2.21. The van der Waals surface area contributed by atoms with Gasteiger partial charge in [0.2, 0.25) is 0 Å². The number of methoxy groups -OCH3 is 1. The predicted molar refractivity (Wildman–Crippen MR) is 105 cm³/mol. The number of ether oxygens (including phenoxy) is 1. The Morgan fingerprint density at radius 3 is 2.59 bits per heavy atom. The van der Waals surface area contributed by atoms with Gasteiger partial charge in [0, 0.05) is 18.2 Å². The molecule has 6 nitrogen and oxygen atoms in total. The van der Waals surface area contributed by atoms with Crippen molar-refractivity contribution in [2.75, 3.05) is 12.4 Å². The molecule has 0 aliphatic carbocycles. The molecular formula is C21H24N4O2. The van der Waals surface area contributed by atoms with Gasteiger partial charge in [-0.1, -0.05) is 18.2 Å². The maximum atomic E-state index is 11.7. The molecule has 0 aliphatic heterocycles. The number of aromatic nitrogens is 3. The third-order valence-electron chi connectivity index (χ3n) is 4.31. The van der Waals surface area contributed by atoms with Crippen LogP contribution in [0.5, 0.6) is 0 Å². The van der Waals surface area contributed by atoms with Crippen LogP contribution in [0.25, 0.3) is 5.69 Å². The second-order valence-electron chi connectivity index (χ2n) is 6.59. The predicted octanol–water partition coefficient (Wildman–Crippen LogP) is 3.71. The van der Waals surface area contributed by atoms with Gasteiger partial charge in [0.15, 0.2) is 0 Å². The van der Waals surface area contributed by atoms with Gasteiger partial charge in [0.05, 0.1) is 29.7 Å². The largest absolute Gasteiger partial charge is 0.465 e. The normalized spacial score (nSPS) is 11.9. The Morgan fingerprint density at radius 2 is 1.93 bits per heavy atom. The summed E-state index contributed by atoms with van der Waals surface area (Å²) in [7, 11) is 1.37. The van der Waals surface area contributed by atoms with Crippen molar-refractivity contribution < 1.29 is 9.53 Å². The van der Waals surface area contributed by atoms with E-state index in [1.165, 1.54) is 7.11 Å². The average molecular weight is 364 g/mol. The minimum Gasteiger partial charge on any atom is -0.465 e. The first-order valence-electron chi connectivity index (χ1n) is 8.91. The number of rotatable bonds is 6. The Morgan fingerprint density at radius 1 is 1.19 bits per heavy atom. The Balaban J connectivity index is 1.74. The number of benzene rings is 1. The van der Waals surface area contributed by atoms with Gasteiger partial charge in [-0.3, -0.25) is 0 Å². The molecule has 140 valence electrons. The van der Waals surface area contributed by atoms with E-state index >= 15 is 0 Å². The first kappa shape index (κ1) is 18.6. The molecule has 0 bridgehead atoms. The van der Waals surface area contributed by atoms with Gasteiger partial charge in [-0.2, -0.15) is 5.10 Å². The molecule has 0 radical (unpaired) electrons. The molecule has 2 aromatic heterocycles. The number of aryl methyl sites for hydroxylation is 2. The third kappa shape index (κ3) is 4.34. The van der Waals surface area contributed by atoms with Crippen LogP contribution in [0, 0.1) is 13.8 Å². The summed E-state index contributed by atoms with van der Waals surface area (Å²) in [5, 5.41) is 8.02. The Labute approximate surface area is 159 Å². The summed E-state index contributed by atoms with van der Waals surface area (Å²) in [6.07, 6.45) is 0.787. The van der Waals surface area contributed by atoms with Gasteiger partial charge < -0.3 is 10.1 Å². The van der Waals surface area contributed by atoms with E-state index in [-0.39, 0.29) is 12.0 Å². The number of hydrogen-bond acceptors (Lipinski definition) is 5. The highest BCUT2D eigenvalue weighted by Crippen LogP contribution is 2.17. The molecule has 3 rings (SSSR count). The second-order valence-corrected chi connectivity index (χ2v) is 6.59. The highest BCUT2D eigenvalue weighted by molar-refractivity contribution is 5.90. The number of anilines is 1. The van der Waals surface area contributed by atoms with E-state index in [0.29, 0.717) is 11.3 Å². The van der Waals surface area contributed by atoms with Crippen LogP contribution in [-0.4, -0.2) is 33.9 Å². The van der Waals surface area contributed by atoms with Crippen LogP contribution in [0.1, 0.15) is 34.4 Å². The van der Waals surface area contributed by atoms with Gasteiger partial charge in [0.1, 0.15) is 5.82 Å². The number of para-hydroxylation sites is 1. The molecule has 3 aromatic rings. The molecule has 0 saturated carbocycles. The molecule has 0 amide bonds.